The lowest BCUT2D eigenvalue weighted by atomic mass is 9.95. The lowest BCUT2D eigenvalue weighted by Crippen LogP contribution is -2.36. The van der Waals surface area contributed by atoms with Gasteiger partial charge in [-0.25, -0.2) is 0 Å². The van der Waals surface area contributed by atoms with E-state index in [0.29, 0.717) is 17.8 Å². The zero-order valence-corrected chi connectivity index (χ0v) is 13.9. The molecule has 1 aromatic heterocycles. The highest BCUT2D eigenvalue weighted by Gasteiger charge is 2.18. The molecule has 0 aliphatic heterocycles. The van der Waals surface area contributed by atoms with E-state index in [1.165, 1.54) is 25.5 Å². The molecule has 0 unspecified atom stereocenters. The van der Waals surface area contributed by atoms with E-state index in [2.05, 4.69) is 22.5 Å². The third-order valence-corrected chi connectivity index (χ3v) is 4.26. The standard InChI is InChI=1S/C18H27N3O2/c1-2-3-7-11-20-17(22)14-10-12-19-16(13-14)18(23)21-15-8-5-4-6-9-15/h10,12-13,15H,2-9,11H2,1H3,(H,20,22)(H,21,23). The Kier molecular flexibility index (Phi) is 7.04. The van der Waals surface area contributed by atoms with Crippen molar-refractivity contribution in [3.05, 3.63) is 29.6 Å². The predicted molar refractivity (Wildman–Crippen MR) is 90.4 cm³/mol. The number of pyridine rings is 1. The van der Waals surface area contributed by atoms with E-state index in [9.17, 15) is 9.59 Å². The summed E-state index contributed by atoms with van der Waals surface area (Å²) in [6.07, 6.45) is 10.4. The maximum absolute atomic E-state index is 12.3. The van der Waals surface area contributed by atoms with E-state index in [1.807, 2.05) is 0 Å². The van der Waals surface area contributed by atoms with Crippen LogP contribution in [0.3, 0.4) is 0 Å². The maximum Gasteiger partial charge on any atom is 0.270 e. The van der Waals surface area contributed by atoms with E-state index in [-0.39, 0.29) is 17.9 Å². The molecule has 1 aromatic rings. The van der Waals surface area contributed by atoms with Crippen molar-refractivity contribution in [2.24, 2.45) is 0 Å². The smallest absolute Gasteiger partial charge is 0.270 e. The molecule has 1 heterocycles. The van der Waals surface area contributed by atoms with Crippen molar-refractivity contribution in [2.45, 2.75) is 64.3 Å². The quantitative estimate of drug-likeness (QED) is 0.759. The summed E-state index contributed by atoms with van der Waals surface area (Å²) in [5.41, 5.74) is 0.807. The van der Waals surface area contributed by atoms with Crippen LogP contribution in [0.5, 0.6) is 0 Å². The first-order chi connectivity index (χ1) is 11.2. The van der Waals surface area contributed by atoms with Gasteiger partial charge < -0.3 is 10.6 Å². The highest BCUT2D eigenvalue weighted by molar-refractivity contribution is 5.98. The molecule has 0 saturated heterocycles. The summed E-state index contributed by atoms with van der Waals surface area (Å²) in [7, 11) is 0. The molecule has 0 bridgehead atoms. The molecule has 23 heavy (non-hydrogen) atoms. The number of hydrogen-bond acceptors (Lipinski definition) is 3. The SMILES string of the molecule is CCCCCNC(=O)c1ccnc(C(=O)NC2CCCCC2)c1. The van der Waals surface area contributed by atoms with Crippen molar-refractivity contribution in [1.82, 2.24) is 15.6 Å². The number of nitrogens with one attached hydrogen (secondary N) is 2. The van der Waals surface area contributed by atoms with Gasteiger partial charge in [0.05, 0.1) is 0 Å². The molecule has 126 valence electrons. The fourth-order valence-corrected chi connectivity index (χ4v) is 2.88. The normalized spacial score (nSPS) is 15.2. The zero-order chi connectivity index (χ0) is 16.5. The van der Waals surface area contributed by atoms with Gasteiger partial charge in [0.2, 0.25) is 0 Å². The largest absolute Gasteiger partial charge is 0.352 e. The first-order valence-corrected chi connectivity index (χ1v) is 8.76. The summed E-state index contributed by atoms with van der Waals surface area (Å²) in [6, 6.07) is 3.46. The molecule has 2 amide bonds. The molecule has 0 atom stereocenters. The van der Waals surface area contributed by atoms with E-state index in [0.717, 1.165) is 32.1 Å². The summed E-state index contributed by atoms with van der Waals surface area (Å²) >= 11 is 0. The molecule has 2 rings (SSSR count). The van der Waals surface area contributed by atoms with Crippen LogP contribution in [0.2, 0.25) is 0 Å². The Hall–Kier alpha value is -1.91. The number of hydrogen-bond donors (Lipinski definition) is 2. The Morgan fingerprint density at radius 3 is 2.70 bits per heavy atom. The third-order valence-electron chi connectivity index (χ3n) is 4.26. The monoisotopic (exact) mass is 317 g/mol. The second-order valence-corrected chi connectivity index (χ2v) is 6.20. The zero-order valence-electron chi connectivity index (χ0n) is 13.9. The van der Waals surface area contributed by atoms with Crippen molar-refractivity contribution in [3.8, 4) is 0 Å². The summed E-state index contributed by atoms with van der Waals surface area (Å²) < 4.78 is 0. The van der Waals surface area contributed by atoms with Crippen LogP contribution in [0, 0.1) is 0 Å². The van der Waals surface area contributed by atoms with Crippen LogP contribution >= 0.6 is 0 Å². The van der Waals surface area contributed by atoms with Gasteiger partial charge in [0.25, 0.3) is 11.8 Å². The predicted octanol–water partition coefficient (Wildman–Crippen LogP) is 3.06. The number of carbonyl (C=O) groups excluding carboxylic acids is 2. The average Bonchev–Trinajstić information content (AvgIpc) is 2.59. The fraction of sp³-hybridized carbons (Fsp3) is 0.611. The Bertz CT molecular complexity index is 525. The lowest BCUT2D eigenvalue weighted by molar-refractivity contribution is 0.0922. The summed E-state index contributed by atoms with van der Waals surface area (Å²) in [5.74, 6) is -0.326. The highest BCUT2D eigenvalue weighted by Crippen LogP contribution is 2.17. The number of rotatable bonds is 7. The summed E-state index contributed by atoms with van der Waals surface area (Å²) in [4.78, 5) is 28.5. The maximum atomic E-state index is 12.3. The molecule has 1 aliphatic carbocycles. The van der Waals surface area contributed by atoms with Gasteiger partial charge in [0.1, 0.15) is 5.69 Å². The first kappa shape index (κ1) is 17.4. The number of unbranched alkanes of at least 4 members (excludes halogenated alkanes) is 2. The van der Waals surface area contributed by atoms with Crippen molar-refractivity contribution < 1.29 is 9.59 Å². The number of carbonyl (C=O) groups is 2. The van der Waals surface area contributed by atoms with E-state index >= 15 is 0 Å². The Labute approximate surface area is 138 Å². The molecular weight excluding hydrogens is 290 g/mol. The highest BCUT2D eigenvalue weighted by atomic mass is 16.2. The summed E-state index contributed by atoms with van der Waals surface area (Å²) in [6.45, 7) is 2.79. The van der Waals surface area contributed by atoms with E-state index in [1.54, 1.807) is 12.1 Å². The topological polar surface area (TPSA) is 71.1 Å². The van der Waals surface area contributed by atoms with Gasteiger partial charge in [-0.1, -0.05) is 39.0 Å². The minimum atomic E-state index is -0.183. The van der Waals surface area contributed by atoms with Crippen LogP contribution in [0.1, 0.15) is 79.1 Å². The molecule has 5 heteroatoms. The molecule has 0 aromatic carbocycles. The summed E-state index contributed by atoms with van der Waals surface area (Å²) in [5, 5.41) is 5.91. The average molecular weight is 317 g/mol. The molecule has 1 saturated carbocycles. The van der Waals surface area contributed by atoms with Crippen LogP contribution in [-0.4, -0.2) is 29.4 Å². The second-order valence-electron chi connectivity index (χ2n) is 6.20. The van der Waals surface area contributed by atoms with Gasteiger partial charge >= 0.3 is 0 Å². The molecule has 1 aliphatic rings. The van der Waals surface area contributed by atoms with Crippen molar-refractivity contribution in [1.29, 1.82) is 0 Å². The molecule has 5 nitrogen and oxygen atoms in total. The fourth-order valence-electron chi connectivity index (χ4n) is 2.88. The Morgan fingerprint density at radius 2 is 1.96 bits per heavy atom. The van der Waals surface area contributed by atoms with Gasteiger partial charge in [0.15, 0.2) is 0 Å². The minimum absolute atomic E-state index is 0.143. The van der Waals surface area contributed by atoms with E-state index in [4.69, 9.17) is 0 Å². The van der Waals surface area contributed by atoms with Crippen LogP contribution in [0.4, 0.5) is 0 Å². The lowest BCUT2D eigenvalue weighted by Gasteiger charge is -2.22. The Balaban J connectivity index is 1.90. The van der Waals surface area contributed by atoms with Crippen LogP contribution in [0.25, 0.3) is 0 Å². The van der Waals surface area contributed by atoms with Gasteiger partial charge in [0, 0.05) is 24.3 Å². The molecular formula is C18H27N3O2. The Morgan fingerprint density at radius 1 is 1.17 bits per heavy atom. The second kappa shape index (κ2) is 9.28. The van der Waals surface area contributed by atoms with Crippen LogP contribution in [-0.2, 0) is 0 Å². The van der Waals surface area contributed by atoms with E-state index < -0.39 is 0 Å². The van der Waals surface area contributed by atoms with Crippen LogP contribution in [0.15, 0.2) is 18.3 Å². The van der Waals surface area contributed by atoms with Gasteiger partial charge in [-0.2, -0.15) is 0 Å². The van der Waals surface area contributed by atoms with Crippen molar-refractivity contribution in [3.63, 3.8) is 0 Å². The molecule has 1 fully saturated rings. The third kappa shape index (κ3) is 5.66. The van der Waals surface area contributed by atoms with Crippen LogP contribution < -0.4 is 10.6 Å². The van der Waals surface area contributed by atoms with Gasteiger partial charge in [-0.3, -0.25) is 14.6 Å². The minimum Gasteiger partial charge on any atom is -0.352 e. The number of nitrogens with zero attached hydrogens (tertiary/aromatic N) is 1. The van der Waals surface area contributed by atoms with Gasteiger partial charge in [-0.05, 0) is 31.4 Å². The number of amides is 2. The van der Waals surface area contributed by atoms with Crippen molar-refractivity contribution >= 4 is 11.8 Å². The number of aromatic nitrogens is 1. The molecule has 0 spiro atoms. The van der Waals surface area contributed by atoms with Crippen molar-refractivity contribution in [2.75, 3.05) is 6.54 Å². The first-order valence-electron chi connectivity index (χ1n) is 8.76. The molecule has 2 N–H and O–H groups in total. The molecule has 0 radical (unpaired) electrons. The van der Waals surface area contributed by atoms with Gasteiger partial charge in [-0.15, -0.1) is 0 Å².